The van der Waals surface area contributed by atoms with Crippen molar-refractivity contribution < 1.29 is 18.0 Å². The summed E-state index contributed by atoms with van der Waals surface area (Å²) in [5, 5.41) is 9.13. The number of carbonyl (C=O) groups excluding carboxylic acids is 1. The first kappa shape index (κ1) is 24.7. The van der Waals surface area contributed by atoms with E-state index in [0.717, 1.165) is 50.0 Å². The van der Waals surface area contributed by atoms with Crippen molar-refractivity contribution in [2.45, 2.75) is 36.5 Å². The minimum atomic E-state index is -4.75. The van der Waals surface area contributed by atoms with Gasteiger partial charge in [0, 0.05) is 37.6 Å². The second kappa shape index (κ2) is 9.16. The molecular weight excluding hydrogens is 489 g/mol. The first-order chi connectivity index (χ1) is 17.2. The van der Waals surface area contributed by atoms with Crippen LogP contribution in [0.15, 0.2) is 36.5 Å². The van der Waals surface area contributed by atoms with Crippen molar-refractivity contribution in [2.75, 3.05) is 54.2 Å². The zero-order chi connectivity index (χ0) is 25.7. The Morgan fingerprint density at radius 2 is 1.72 bits per heavy atom. The van der Waals surface area contributed by atoms with Crippen LogP contribution in [0.4, 0.5) is 30.2 Å². The van der Waals surface area contributed by atoms with Crippen LogP contribution in [-0.2, 0) is 11.0 Å². The molecule has 2 aliphatic heterocycles. The molecule has 1 aromatic carbocycles. The molecule has 190 valence electrons. The highest BCUT2D eigenvalue weighted by Gasteiger charge is 2.61. The molecule has 1 saturated carbocycles. The summed E-state index contributed by atoms with van der Waals surface area (Å²) in [7, 11) is 2.11. The summed E-state index contributed by atoms with van der Waals surface area (Å²) in [6.45, 7) is 3.87. The number of halogens is 3. The fourth-order valence-corrected chi connectivity index (χ4v) is 6.29. The molecule has 0 bridgehead atoms. The maximum Gasteiger partial charge on any atom is 0.419 e. The first-order valence-electron chi connectivity index (χ1n) is 11.9. The number of nitriles is 1. The molecule has 11 heteroatoms. The van der Waals surface area contributed by atoms with E-state index in [2.05, 4.69) is 38.9 Å². The monoisotopic (exact) mass is 516 g/mol. The second-order valence-corrected chi connectivity index (χ2v) is 10.4. The lowest BCUT2D eigenvalue weighted by molar-refractivity contribution is -0.138. The lowest BCUT2D eigenvalue weighted by Crippen LogP contribution is -2.55. The molecule has 3 aliphatic rings. The molecular formula is C25H27F3N6OS. The third-order valence-corrected chi connectivity index (χ3v) is 8.31. The Morgan fingerprint density at radius 1 is 1.08 bits per heavy atom. The molecule has 0 radical (unpaired) electrons. The molecule has 3 fully saturated rings. The number of amides is 1. The van der Waals surface area contributed by atoms with Crippen molar-refractivity contribution in [2.24, 2.45) is 0 Å². The highest BCUT2D eigenvalue weighted by molar-refractivity contribution is 7.99. The second-order valence-electron chi connectivity index (χ2n) is 9.50. The number of alkyl halides is 3. The van der Waals surface area contributed by atoms with E-state index in [9.17, 15) is 18.0 Å². The van der Waals surface area contributed by atoms with Crippen molar-refractivity contribution >= 4 is 34.7 Å². The molecule has 1 aliphatic carbocycles. The molecule has 1 unspecified atom stereocenters. The fraction of sp³-hybridized carbons (Fsp3) is 0.480. The van der Waals surface area contributed by atoms with Gasteiger partial charge in [0.15, 0.2) is 11.2 Å². The summed E-state index contributed by atoms with van der Waals surface area (Å²) in [6, 6.07) is 10.5. The average molecular weight is 517 g/mol. The van der Waals surface area contributed by atoms with Gasteiger partial charge in [-0.15, -0.1) is 11.8 Å². The van der Waals surface area contributed by atoms with Gasteiger partial charge in [0.25, 0.3) is 5.91 Å². The van der Waals surface area contributed by atoms with Gasteiger partial charge in [0.1, 0.15) is 11.6 Å². The Bertz CT molecular complexity index is 1190. The topological polar surface area (TPSA) is 66.7 Å². The van der Waals surface area contributed by atoms with E-state index in [0.29, 0.717) is 12.8 Å². The Kier molecular flexibility index (Phi) is 6.29. The summed E-state index contributed by atoms with van der Waals surface area (Å²) in [4.78, 5) is 25.7. The van der Waals surface area contributed by atoms with E-state index in [4.69, 9.17) is 5.26 Å². The number of piperazine rings is 1. The standard InChI is InChI=1S/C25H27F3N6OS/c1-31-10-12-32(13-11-31)17-4-6-18(7-5-17)34-23(36-2)33(22(35)24(34)8-3-9-24)19-14-20(25(26,27)28)21(15-29)30-16-19/h4-7,14,16,23H,3,8-13H2,1-2H3. The minimum absolute atomic E-state index is 0.0495. The van der Waals surface area contributed by atoms with Crippen LogP contribution >= 0.6 is 11.8 Å². The number of thioether (sulfide) groups is 1. The van der Waals surface area contributed by atoms with E-state index in [1.807, 2.05) is 18.4 Å². The molecule has 2 aromatic rings. The quantitative estimate of drug-likeness (QED) is 0.605. The van der Waals surface area contributed by atoms with Crippen molar-refractivity contribution in [3.8, 4) is 6.07 Å². The van der Waals surface area contributed by atoms with Crippen molar-refractivity contribution in [1.29, 1.82) is 5.26 Å². The predicted molar refractivity (Wildman–Crippen MR) is 134 cm³/mol. The highest BCUT2D eigenvalue weighted by Crippen LogP contribution is 2.51. The number of pyridine rings is 1. The average Bonchev–Trinajstić information content (AvgIpc) is 3.12. The summed E-state index contributed by atoms with van der Waals surface area (Å²) in [6.07, 6.45) is 0.427. The van der Waals surface area contributed by atoms with E-state index in [-0.39, 0.29) is 11.6 Å². The number of hydrogen-bond donors (Lipinski definition) is 0. The molecule has 2 saturated heterocycles. The van der Waals surface area contributed by atoms with Gasteiger partial charge in [-0.05, 0) is 62.9 Å². The van der Waals surface area contributed by atoms with Gasteiger partial charge in [-0.1, -0.05) is 0 Å². The van der Waals surface area contributed by atoms with Gasteiger partial charge in [0.05, 0.1) is 17.4 Å². The van der Waals surface area contributed by atoms with Crippen molar-refractivity contribution in [3.05, 3.63) is 47.8 Å². The molecule has 1 aromatic heterocycles. The van der Waals surface area contributed by atoms with Crippen LogP contribution in [0, 0.1) is 11.3 Å². The van der Waals surface area contributed by atoms with Gasteiger partial charge < -0.3 is 14.7 Å². The van der Waals surface area contributed by atoms with Crippen LogP contribution in [0.2, 0.25) is 0 Å². The third-order valence-electron chi connectivity index (χ3n) is 7.47. The highest BCUT2D eigenvalue weighted by atomic mass is 32.2. The van der Waals surface area contributed by atoms with E-state index in [1.165, 1.54) is 28.9 Å². The lowest BCUT2D eigenvalue weighted by atomic mass is 9.75. The number of hydrogen-bond acceptors (Lipinski definition) is 7. The Morgan fingerprint density at radius 3 is 2.25 bits per heavy atom. The summed E-state index contributed by atoms with van der Waals surface area (Å²) in [5.41, 5.74) is -1.14. The molecule has 3 heterocycles. The number of rotatable bonds is 4. The summed E-state index contributed by atoms with van der Waals surface area (Å²) < 4.78 is 40.9. The van der Waals surface area contributed by atoms with Crippen LogP contribution in [0.1, 0.15) is 30.5 Å². The zero-order valence-corrected chi connectivity index (χ0v) is 20.9. The maximum absolute atomic E-state index is 13.8. The van der Waals surface area contributed by atoms with Gasteiger partial charge in [-0.25, -0.2) is 4.98 Å². The van der Waals surface area contributed by atoms with E-state index >= 15 is 0 Å². The summed E-state index contributed by atoms with van der Waals surface area (Å²) in [5.74, 6) is -0.226. The normalized spacial score (nSPS) is 22.2. The zero-order valence-electron chi connectivity index (χ0n) is 20.1. The predicted octanol–water partition coefficient (Wildman–Crippen LogP) is 4.15. The smallest absolute Gasteiger partial charge is 0.369 e. The maximum atomic E-state index is 13.8. The van der Waals surface area contributed by atoms with Gasteiger partial charge in [-0.3, -0.25) is 9.69 Å². The van der Waals surface area contributed by atoms with Crippen LogP contribution in [0.25, 0.3) is 0 Å². The molecule has 0 N–H and O–H groups in total. The van der Waals surface area contributed by atoms with Crippen LogP contribution < -0.4 is 14.7 Å². The summed E-state index contributed by atoms with van der Waals surface area (Å²) >= 11 is 1.39. The van der Waals surface area contributed by atoms with Gasteiger partial charge in [-0.2, -0.15) is 18.4 Å². The van der Waals surface area contributed by atoms with Crippen molar-refractivity contribution in [3.63, 3.8) is 0 Å². The number of likely N-dealkylation sites (N-methyl/N-ethyl adjacent to an activating group) is 1. The minimum Gasteiger partial charge on any atom is -0.369 e. The van der Waals surface area contributed by atoms with Gasteiger partial charge >= 0.3 is 6.18 Å². The van der Waals surface area contributed by atoms with E-state index < -0.39 is 28.5 Å². The van der Waals surface area contributed by atoms with Crippen LogP contribution in [0.5, 0.6) is 0 Å². The largest absolute Gasteiger partial charge is 0.419 e. The molecule has 1 amide bonds. The number of benzene rings is 1. The Labute approximate surface area is 212 Å². The Balaban J connectivity index is 1.51. The number of aromatic nitrogens is 1. The fourth-order valence-electron chi connectivity index (χ4n) is 5.33. The molecule has 5 rings (SSSR count). The van der Waals surface area contributed by atoms with Crippen molar-refractivity contribution in [1.82, 2.24) is 9.88 Å². The number of anilines is 3. The molecule has 1 atom stereocenters. The number of carbonyl (C=O) groups is 1. The molecule has 7 nitrogen and oxygen atoms in total. The number of nitrogens with zero attached hydrogens (tertiary/aromatic N) is 6. The van der Waals surface area contributed by atoms with Gasteiger partial charge in [0.2, 0.25) is 0 Å². The van der Waals surface area contributed by atoms with Crippen LogP contribution in [-0.4, -0.2) is 66.3 Å². The Hall–Kier alpha value is -2.97. The third kappa shape index (κ3) is 3.96. The molecule has 1 spiro atoms. The SMILES string of the molecule is CSC1N(c2cnc(C#N)c(C(F)(F)F)c2)C(=O)C2(CCC2)N1c1ccc(N2CCN(C)CC2)cc1. The first-order valence-corrected chi connectivity index (χ1v) is 13.1. The van der Waals surface area contributed by atoms with Crippen LogP contribution in [0.3, 0.4) is 0 Å². The molecule has 36 heavy (non-hydrogen) atoms. The van der Waals surface area contributed by atoms with E-state index in [1.54, 1.807) is 0 Å². The lowest BCUT2D eigenvalue weighted by Gasteiger charge is -2.45.